The molecule has 1 heterocycles. The Labute approximate surface area is 151 Å². The molecule has 1 atom stereocenters. The number of benzene rings is 2. The molecule has 0 unspecified atom stereocenters. The Balaban J connectivity index is 1.87. The molecule has 0 bridgehead atoms. The summed E-state index contributed by atoms with van der Waals surface area (Å²) in [7, 11) is 3.16. The molecule has 0 aromatic heterocycles. The summed E-state index contributed by atoms with van der Waals surface area (Å²) >= 11 is 0. The van der Waals surface area contributed by atoms with E-state index in [2.05, 4.69) is 5.32 Å². The Morgan fingerprint density at radius 3 is 2.65 bits per heavy atom. The number of halogens is 1. The number of hydrogen-bond donors (Lipinski definition) is 2. The van der Waals surface area contributed by atoms with Crippen molar-refractivity contribution >= 4 is 11.7 Å². The van der Waals surface area contributed by atoms with Crippen LogP contribution in [0.1, 0.15) is 17.2 Å². The van der Waals surface area contributed by atoms with Gasteiger partial charge in [0.1, 0.15) is 5.82 Å². The summed E-state index contributed by atoms with van der Waals surface area (Å²) in [6.45, 7) is 0.768. The van der Waals surface area contributed by atoms with Crippen LogP contribution < -0.4 is 20.5 Å². The zero-order valence-electron chi connectivity index (χ0n) is 14.8. The summed E-state index contributed by atoms with van der Waals surface area (Å²) in [5.74, 6) is 0.843. The maximum atomic E-state index is 13.3. The van der Waals surface area contributed by atoms with Crippen molar-refractivity contribution in [2.45, 2.75) is 12.5 Å². The second-order valence-corrected chi connectivity index (χ2v) is 6.04. The summed E-state index contributed by atoms with van der Waals surface area (Å²) in [6.07, 6.45) is 0.669. The van der Waals surface area contributed by atoms with E-state index < -0.39 is 5.82 Å². The number of nitrogens with one attached hydrogen (secondary N) is 1. The summed E-state index contributed by atoms with van der Waals surface area (Å²) < 4.78 is 24.1. The van der Waals surface area contributed by atoms with Crippen molar-refractivity contribution in [1.29, 1.82) is 0 Å². The third-order valence-corrected chi connectivity index (χ3v) is 4.56. The quantitative estimate of drug-likeness (QED) is 0.880. The predicted octanol–water partition coefficient (Wildman–Crippen LogP) is 2.93. The lowest BCUT2D eigenvalue weighted by molar-refractivity contribution is 0.184. The van der Waals surface area contributed by atoms with Crippen molar-refractivity contribution in [3.63, 3.8) is 0 Å². The van der Waals surface area contributed by atoms with Gasteiger partial charge in [-0.15, -0.1) is 0 Å². The average molecular weight is 359 g/mol. The average Bonchev–Trinajstić information content (AvgIpc) is 2.65. The molecular weight excluding hydrogens is 337 g/mol. The van der Waals surface area contributed by atoms with Crippen LogP contribution >= 0.6 is 0 Å². The maximum Gasteiger partial charge on any atom is 0.322 e. The number of amides is 2. The topological polar surface area (TPSA) is 76.8 Å². The van der Waals surface area contributed by atoms with E-state index in [-0.39, 0.29) is 18.6 Å². The third kappa shape index (κ3) is 3.43. The first-order chi connectivity index (χ1) is 12.6. The molecule has 138 valence electrons. The van der Waals surface area contributed by atoms with Gasteiger partial charge in [0.2, 0.25) is 0 Å². The Morgan fingerprint density at radius 1 is 1.27 bits per heavy atom. The van der Waals surface area contributed by atoms with Crippen molar-refractivity contribution in [3.05, 3.63) is 53.3 Å². The van der Waals surface area contributed by atoms with E-state index in [0.717, 1.165) is 11.1 Å². The van der Waals surface area contributed by atoms with Crippen molar-refractivity contribution in [1.82, 2.24) is 4.90 Å². The monoisotopic (exact) mass is 359 g/mol. The van der Waals surface area contributed by atoms with Crippen molar-refractivity contribution in [2.24, 2.45) is 5.73 Å². The van der Waals surface area contributed by atoms with Gasteiger partial charge in [-0.05, 0) is 47.9 Å². The van der Waals surface area contributed by atoms with Crippen LogP contribution in [-0.4, -0.2) is 38.2 Å². The Kier molecular flexibility index (Phi) is 5.27. The number of nitrogens with two attached hydrogens (primary N) is 1. The number of anilines is 1. The number of ether oxygens (including phenoxy) is 2. The Hall–Kier alpha value is -2.80. The van der Waals surface area contributed by atoms with Crippen LogP contribution in [-0.2, 0) is 6.42 Å². The van der Waals surface area contributed by atoms with E-state index in [4.69, 9.17) is 15.2 Å². The van der Waals surface area contributed by atoms with Gasteiger partial charge in [0.25, 0.3) is 0 Å². The molecule has 0 aliphatic carbocycles. The van der Waals surface area contributed by atoms with Crippen LogP contribution in [0.15, 0.2) is 36.4 Å². The Morgan fingerprint density at radius 2 is 2.00 bits per heavy atom. The van der Waals surface area contributed by atoms with E-state index in [9.17, 15) is 9.18 Å². The van der Waals surface area contributed by atoms with Crippen LogP contribution in [0.5, 0.6) is 11.5 Å². The highest BCUT2D eigenvalue weighted by Gasteiger charge is 2.31. The summed E-state index contributed by atoms with van der Waals surface area (Å²) in [5, 5.41) is 2.73. The summed E-state index contributed by atoms with van der Waals surface area (Å²) in [5.41, 5.74) is 8.39. The first kappa shape index (κ1) is 18.0. The SMILES string of the molecule is COc1cc2c(cc1OC)[C@H](CN)N(C(=O)Nc1cccc(F)c1)CC2. The molecule has 3 N–H and O–H groups in total. The van der Waals surface area contributed by atoms with E-state index in [0.29, 0.717) is 30.2 Å². The molecule has 26 heavy (non-hydrogen) atoms. The number of fused-ring (bicyclic) bond motifs is 1. The number of carbonyl (C=O) groups excluding carboxylic acids is 1. The molecule has 2 aromatic carbocycles. The number of nitrogens with zero attached hydrogens (tertiary/aromatic N) is 1. The maximum absolute atomic E-state index is 13.3. The smallest absolute Gasteiger partial charge is 0.322 e. The fourth-order valence-electron chi connectivity index (χ4n) is 3.29. The highest BCUT2D eigenvalue weighted by molar-refractivity contribution is 5.89. The van der Waals surface area contributed by atoms with Crippen LogP contribution in [0.4, 0.5) is 14.9 Å². The second-order valence-electron chi connectivity index (χ2n) is 6.04. The van der Waals surface area contributed by atoms with Gasteiger partial charge in [-0.3, -0.25) is 0 Å². The van der Waals surface area contributed by atoms with E-state index in [1.807, 2.05) is 12.1 Å². The van der Waals surface area contributed by atoms with Gasteiger partial charge in [-0.2, -0.15) is 0 Å². The number of hydrogen-bond acceptors (Lipinski definition) is 4. The van der Waals surface area contributed by atoms with E-state index in [1.54, 1.807) is 31.3 Å². The van der Waals surface area contributed by atoms with Crippen LogP contribution in [0, 0.1) is 5.82 Å². The molecule has 2 amide bonds. The third-order valence-electron chi connectivity index (χ3n) is 4.56. The number of urea groups is 1. The fourth-order valence-corrected chi connectivity index (χ4v) is 3.29. The molecule has 6 nitrogen and oxygen atoms in total. The molecule has 3 rings (SSSR count). The molecule has 0 fully saturated rings. The first-order valence-corrected chi connectivity index (χ1v) is 8.35. The molecule has 1 aliphatic heterocycles. The number of carbonyl (C=O) groups is 1. The summed E-state index contributed by atoms with van der Waals surface area (Å²) in [4.78, 5) is 14.4. The fraction of sp³-hybridized carbons (Fsp3) is 0.316. The second kappa shape index (κ2) is 7.61. The van der Waals surface area contributed by atoms with E-state index in [1.165, 1.54) is 12.1 Å². The van der Waals surface area contributed by atoms with Gasteiger partial charge in [0, 0.05) is 18.8 Å². The largest absolute Gasteiger partial charge is 0.493 e. The molecule has 0 radical (unpaired) electrons. The van der Waals surface area contributed by atoms with Crippen molar-refractivity contribution in [2.75, 3.05) is 32.6 Å². The highest BCUT2D eigenvalue weighted by Crippen LogP contribution is 2.37. The van der Waals surface area contributed by atoms with Crippen LogP contribution in [0.3, 0.4) is 0 Å². The lowest BCUT2D eigenvalue weighted by Crippen LogP contribution is -2.45. The first-order valence-electron chi connectivity index (χ1n) is 8.35. The van der Waals surface area contributed by atoms with Crippen LogP contribution in [0.2, 0.25) is 0 Å². The zero-order chi connectivity index (χ0) is 18.7. The van der Waals surface area contributed by atoms with E-state index >= 15 is 0 Å². The molecule has 1 aliphatic rings. The molecule has 0 spiro atoms. The lowest BCUT2D eigenvalue weighted by atomic mass is 9.92. The normalized spacial score (nSPS) is 16.0. The highest BCUT2D eigenvalue weighted by atomic mass is 19.1. The number of rotatable bonds is 4. The minimum atomic E-state index is -0.404. The molecule has 7 heteroatoms. The van der Waals surface area contributed by atoms with Gasteiger partial charge < -0.3 is 25.4 Å². The standard InChI is InChI=1S/C19H22FN3O3/c1-25-17-8-12-6-7-23(16(11-21)15(12)10-18(17)26-2)19(24)22-14-5-3-4-13(20)9-14/h3-5,8-10,16H,6-7,11,21H2,1-2H3,(H,22,24)/t16-/m0/s1. The predicted molar refractivity (Wildman–Crippen MR) is 97.2 cm³/mol. The molecule has 0 saturated carbocycles. The lowest BCUT2D eigenvalue weighted by Gasteiger charge is -2.37. The van der Waals surface area contributed by atoms with Gasteiger partial charge in [-0.1, -0.05) is 6.07 Å². The van der Waals surface area contributed by atoms with Gasteiger partial charge in [0.05, 0.1) is 20.3 Å². The minimum Gasteiger partial charge on any atom is -0.493 e. The summed E-state index contributed by atoms with van der Waals surface area (Å²) in [6, 6.07) is 8.99. The van der Waals surface area contributed by atoms with Gasteiger partial charge in [-0.25, -0.2) is 9.18 Å². The van der Waals surface area contributed by atoms with Crippen LogP contribution in [0.25, 0.3) is 0 Å². The molecule has 0 saturated heterocycles. The minimum absolute atomic E-state index is 0.263. The molecular formula is C19H22FN3O3. The van der Waals surface area contributed by atoms with Gasteiger partial charge >= 0.3 is 6.03 Å². The number of methoxy groups -OCH3 is 2. The Bertz CT molecular complexity index is 813. The van der Waals surface area contributed by atoms with Crippen molar-refractivity contribution in [3.8, 4) is 11.5 Å². The van der Waals surface area contributed by atoms with Gasteiger partial charge in [0.15, 0.2) is 11.5 Å². The van der Waals surface area contributed by atoms with Crippen molar-refractivity contribution < 1.29 is 18.7 Å². The zero-order valence-corrected chi connectivity index (χ0v) is 14.8. The molecule has 2 aromatic rings.